The molecule has 0 radical (unpaired) electrons. The number of carbonyl (C=O) groups excluding carboxylic acids is 1. The summed E-state index contributed by atoms with van der Waals surface area (Å²) in [5.74, 6) is -1.74. The summed E-state index contributed by atoms with van der Waals surface area (Å²) >= 11 is 0. The van der Waals surface area contributed by atoms with Gasteiger partial charge in [0.25, 0.3) is 0 Å². The maximum atomic E-state index is 12.1. The first-order valence-corrected chi connectivity index (χ1v) is 4.67. The minimum absolute atomic E-state index is 0.0458. The molecule has 0 aliphatic rings. The van der Waals surface area contributed by atoms with E-state index in [4.69, 9.17) is 10.4 Å². The highest BCUT2D eigenvalue weighted by atomic mass is 19.3. The van der Waals surface area contributed by atoms with Crippen LogP contribution >= 0.6 is 0 Å². The summed E-state index contributed by atoms with van der Waals surface area (Å²) in [6.07, 6.45) is -0.275. The van der Waals surface area contributed by atoms with E-state index in [2.05, 4.69) is 4.74 Å². The van der Waals surface area contributed by atoms with Crippen molar-refractivity contribution in [2.24, 2.45) is 0 Å². The Hall–Kier alpha value is -2.49. The summed E-state index contributed by atoms with van der Waals surface area (Å²) in [5, 5.41) is 17.5. The third kappa shape index (κ3) is 3.01. The van der Waals surface area contributed by atoms with Crippen LogP contribution in [0.5, 0.6) is 5.75 Å². The molecule has 0 bridgehead atoms. The van der Waals surface area contributed by atoms with Crippen LogP contribution in [0.15, 0.2) is 12.1 Å². The van der Waals surface area contributed by atoms with Gasteiger partial charge in [-0.05, 0) is 17.7 Å². The number of alkyl halides is 2. The lowest BCUT2D eigenvalue weighted by atomic mass is 9.98. The quantitative estimate of drug-likeness (QED) is 0.807. The van der Waals surface area contributed by atoms with E-state index >= 15 is 0 Å². The maximum Gasteiger partial charge on any atom is 0.387 e. The summed E-state index contributed by atoms with van der Waals surface area (Å²) in [7, 11) is 0. The number of aliphatic carboxylic acids is 1. The molecule has 1 rings (SSSR count). The number of carboxylic acid groups (broad SMARTS) is 1. The lowest BCUT2D eigenvalue weighted by Crippen LogP contribution is -2.10. The molecule has 0 unspecified atom stereocenters. The monoisotopic (exact) mass is 255 g/mol. The number of ether oxygens (including phenoxy) is 1. The third-order valence-electron chi connectivity index (χ3n) is 2.09. The highest BCUT2D eigenvalue weighted by Crippen LogP contribution is 2.26. The summed E-state index contributed by atoms with van der Waals surface area (Å²) < 4.78 is 28.3. The highest BCUT2D eigenvalue weighted by molar-refractivity contribution is 5.83. The first-order valence-electron chi connectivity index (χ1n) is 4.67. The Morgan fingerprint density at radius 1 is 1.56 bits per heavy atom. The van der Waals surface area contributed by atoms with Crippen molar-refractivity contribution in [1.29, 1.82) is 5.26 Å². The van der Waals surface area contributed by atoms with Gasteiger partial charge in [-0.3, -0.25) is 9.59 Å². The first-order chi connectivity index (χ1) is 8.49. The van der Waals surface area contributed by atoms with Crippen LogP contribution in [0.25, 0.3) is 0 Å². The number of carbonyl (C=O) groups is 2. The second kappa shape index (κ2) is 5.72. The maximum absolute atomic E-state index is 12.1. The molecule has 0 aliphatic carbocycles. The van der Waals surface area contributed by atoms with E-state index in [1.54, 1.807) is 6.07 Å². The van der Waals surface area contributed by atoms with Gasteiger partial charge in [0.05, 0.1) is 12.0 Å². The Labute approximate surface area is 100 Å². The summed E-state index contributed by atoms with van der Waals surface area (Å²) in [6, 6.07) is 3.73. The van der Waals surface area contributed by atoms with Gasteiger partial charge in [0.1, 0.15) is 18.1 Å². The molecule has 94 valence electrons. The zero-order chi connectivity index (χ0) is 13.7. The number of aldehydes is 1. The Bertz CT molecular complexity index is 523. The van der Waals surface area contributed by atoms with Crippen LogP contribution in [-0.2, 0) is 11.2 Å². The van der Waals surface area contributed by atoms with Crippen LogP contribution in [0.4, 0.5) is 8.78 Å². The molecule has 0 heterocycles. The molecule has 7 heteroatoms. The molecule has 0 saturated carbocycles. The second-order valence-electron chi connectivity index (χ2n) is 3.19. The first kappa shape index (κ1) is 13.6. The van der Waals surface area contributed by atoms with E-state index in [9.17, 15) is 18.4 Å². The lowest BCUT2D eigenvalue weighted by molar-refractivity contribution is -0.136. The number of carboxylic acids is 1. The molecule has 1 N–H and O–H groups in total. The summed E-state index contributed by atoms with van der Waals surface area (Å²) in [5.41, 5.74) is -0.559. The van der Waals surface area contributed by atoms with E-state index in [1.165, 1.54) is 0 Å². The molecule has 0 atom stereocenters. The van der Waals surface area contributed by atoms with Crippen molar-refractivity contribution in [1.82, 2.24) is 0 Å². The molecule has 0 amide bonds. The Morgan fingerprint density at radius 3 is 2.67 bits per heavy atom. The fourth-order valence-corrected chi connectivity index (χ4v) is 1.41. The van der Waals surface area contributed by atoms with Crippen molar-refractivity contribution < 1.29 is 28.2 Å². The van der Waals surface area contributed by atoms with Crippen molar-refractivity contribution in [2.45, 2.75) is 13.0 Å². The topological polar surface area (TPSA) is 87.4 Å². The normalized spacial score (nSPS) is 9.89. The van der Waals surface area contributed by atoms with Crippen LogP contribution in [0.2, 0.25) is 0 Å². The lowest BCUT2D eigenvalue weighted by Gasteiger charge is -2.11. The number of nitrogens with zero attached hydrogens (tertiary/aromatic N) is 1. The average Bonchev–Trinajstić information content (AvgIpc) is 2.28. The molecule has 0 aliphatic heterocycles. The van der Waals surface area contributed by atoms with E-state index in [0.29, 0.717) is 6.29 Å². The molecular formula is C11H7F2NO4. The standard InChI is InChI=1S/C11H7F2NO4/c12-11(13)18-9-2-1-6(5-15)7(3-10(16)17)8(9)4-14/h1-2,5,11H,3H2,(H,16,17). The molecule has 1 aromatic carbocycles. The number of rotatable bonds is 5. The highest BCUT2D eigenvalue weighted by Gasteiger charge is 2.18. The summed E-state index contributed by atoms with van der Waals surface area (Å²) in [6.45, 7) is -3.14. The van der Waals surface area contributed by atoms with Crippen molar-refractivity contribution in [3.8, 4) is 11.8 Å². The predicted octanol–water partition coefficient (Wildman–Crippen LogP) is 1.60. The van der Waals surface area contributed by atoms with E-state index in [0.717, 1.165) is 12.1 Å². The average molecular weight is 255 g/mol. The van der Waals surface area contributed by atoms with E-state index < -0.39 is 24.8 Å². The van der Waals surface area contributed by atoms with Crippen LogP contribution in [-0.4, -0.2) is 24.0 Å². The van der Waals surface area contributed by atoms with Gasteiger partial charge in [0, 0.05) is 5.56 Å². The van der Waals surface area contributed by atoms with Gasteiger partial charge < -0.3 is 9.84 Å². The van der Waals surface area contributed by atoms with Gasteiger partial charge in [0.2, 0.25) is 0 Å². The SMILES string of the molecule is N#Cc1c(OC(F)F)ccc(C=O)c1CC(=O)O. The number of nitriles is 1. The zero-order valence-corrected chi connectivity index (χ0v) is 8.89. The second-order valence-corrected chi connectivity index (χ2v) is 3.19. The van der Waals surface area contributed by atoms with Gasteiger partial charge in [-0.15, -0.1) is 0 Å². The number of benzene rings is 1. The summed E-state index contributed by atoms with van der Waals surface area (Å²) in [4.78, 5) is 21.3. The predicted molar refractivity (Wildman–Crippen MR) is 54.5 cm³/mol. The Morgan fingerprint density at radius 2 is 2.22 bits per heavy atom. The van der Waals surface area contributed by atoms with Crippen LogP contribution in [0.3, 0.4) is 0 Å². The Kier molecular flexibility index (Phi) is 4.32. The number of hydrogen-bond donors (Lipinski definition) is 1. The van der Waals surface area contributed by atoms with Gasteiger partial charge in [-0.1, -0.05) is 0 Å². The fraction of sp³-hybridized carbons (Fsp3) is 0.182. The van der Waals surface area contributed by atoms with Gasteiger partial charge in [-0.2, -0.15) is 14.0 Å². The number of halogens is 2. The molecule has 0 fully saturated rings. The smallest absolute Gasteiger partial charge is 0.387 e. The largest absolute Gasteiger partial charge is 0.481 e. The third-order valence-corrected chi connectivity index (χ3v) is 2.09. The molecule has 0 spiro atoms. The van der Waals surface area contributed by atoms with Gasteiger partial charge >= 0.3 is 12.6 Å². The molecule has 5 nitrogen and oxygen atoms in total. The zero-order valence-electron chi connectivity index (χ0n) is 8.89. The fourth-order valence-electron chi connectivity index (χ4n) is 1.41. The molecular weight excluding hydrogens is 248 g/mol. The van der Waals surface area contributed by atoms with Crippen LogP contribution in [0, 0.1) is 11.3 Å². The van der Waals surface area contributed by atoms with Gasteiger partial charge in [0.15, 0.2) is 0 Å². The Balaban J connectivity index is 3.37. The van der Waals surface area contributed by atoms with Gasteiger partial charge in [-0.25, -0.2) is 0 Å². The molecule has 0 saturated heterocycles. The minimum Gasteiger partial charge on any atom is -0.481 e. The van der Waals surface area contributed by atoms with E-state index in [1.807, 2.05) is 0 Å². The minimum atomic E-state index is -3.14. The molecule has 0 aromatic heterocycles. The van der Waals surface area contributed by atoms with E-state index in [-0.39, 0.29) is 16.7 Å². The van der Waals surface area contributed by atoms with Crippen molar-refractivity contribution >= 4 is 12.3 Å². The van der Waals surface area contributed by atoms with Crippen molar-refractivity contribution in [3.05, 3.63) is 28.8 Å². The molecule has 18 heavy (non-hydrogen) atoms. The van der Waals surface area contributed by atoms with Crippen LogP contribution < -0.4 is 4.74 Å². The van der Waals surface area contributed by atoms with Crippen molar-refractivity contribution in [2.75, 3.05) is 0 Å². The van der Waals surface area contributed by atoms with Crippen LogP contribution in [0.1, 0.15) is 21.5 Å². The number of hydrogen-bond acceptors (Lipinski definition) is 4. The van der Waals surface area contributed by atoms with Crippen molar-refractivity contribution in [3.63, 3.8) is 0 Å². The molecule has 1 aromatic rings.